The number of amides is 1. The molecule has 0 aliphatic carbocycles. The van der Waals surface area contributed by atoms with E-state index >= 15 is 0 Å². The number of nitrogens with two attached hydrogens (primary N) is 1. The number of rotatable bonds is 9. The number of hydrogen-bond donors (Lipinski definition) is 1. The van der Waals surface area contributed by atoms with Crippen LogP contribution < -0.4 is 5.73 Å². The second kappa shape index (κ2) is 9.51. The summed E-state index contributed by atoms with van der Waals surface area (Å²) in [6, 6.07) is 0. The molecule has 0 saturated heterocycles. The molecule has 1 heterocycles. The summed E-state index contributed by atoms with van der Waals surface area (Å²) in [5.41, 5.74) is 5.60. The van der Waals surface area contributed by atoms with Crippen LogP contribution in [0.1, 0.15) is 52.4 Å². The van der Waals surface area contributed by atoms with Crippen molar-refractivity contribution in [2.75, 3.05) is 6.54 Å². The maximum atomic E-state index is 11.8. The van der Waals surface area contributed by atoms with Crippen LogP contribution in [0, 0.1) is 0 Å². The lowest BCUT2D eigenvalue weighted by atomic mass is 10.1. The second-order valence-corrected chi connectivity index (χ2v) is 5.84. The second-order valence-electron chi connectivity index (χ2n) is 5.43. The molecule has 1 rings (SSSR count). The molecule has 0 aromatic carbocycles. The zero-order valence-electron chi connectivity index (χ0n) is 13.3. The molecule has 1 atom stereocenters. The monoisotopic (exact) mass is 328 g/mol. The van der Waals surface area contributed by atoms with Crippen LogP contribution in [0.25, 0.3) is 0 Å². The van der Waals surface area contributed by atoms with Gasteiger partial charge in [-0.3, -0.25) is 9.59 Å². The normalized spacial score (nSPS) is 15.9. The summed E-state index contributed by atoms with van der Waals surface area (Å²) in [6.07, 6.45) is 8.68. The quantitative estimate of drug-likeness (QED) is 0.521. The minimum atomic E-state index is -0.561. The molecule has 22 heavy (non-hydrogen) atoms. The maximum absolute atomic E-state index is 11.8. The first-order valence-electron chi connectivity index (χ1n) is 7.77. The van der Waals surface area contributed by atoms with Gasteiger partial charge < -0.3 is 15.4 Å². The predicted molar refractivity (Wildman–Crippen MR) is 86.8 cm³/mol. The zero-order valence-corrected chi connectivity index (χ0v) is 14.1. The first-order valence-corrected chi connectivity index (χ1v) is 8.15. The molecular formula is C16H25ClN2O3. The lowest BCUT2D eigenvalue weighted by molar-refractivity contribution is -0.155. The van der Waals surface area contributed by atoms with E-state index in [2.05, 4.69) is 6.92 Å². The van der Waals surface area contributed by atoms with Crippen LogP contribution in [-0.4, -0.2) is 29.5 Å². The highest BCUT2D eigenvalue weighted by molar-refractivity contribution is 6.33. The molecule has 1 amide bonds. The fourth-order valence-corrected chi connectivity index (χ4v) is 2.42. The molecule has 0 aromatic rings. The topological polar surface area (TPSA) is 72.6 Å². The van der Waals surface area contributed by atoms with E-state index in [4.69, 9.17) is 22.1 Å². The highest BCUT2D eigenvalue weighted by Gasteiger charge is 2.22. The number of primary amides is 1. The molecule has 0 bridgehead atoms. The average Bonchev–Trinajstić information content (AvgIpc) is 2.47. The number of hydrogen-bond acceptors (Lipinski definition) is 4. The standard InChI is InChI=1S/C16H25ClN2O3/c1-3-4-5-6-7-8-15(20)22-12(2)19-10-9-14(17)13(11-19)16(18)21/h9-10,12H,3-8,11H2,1-2H3,(H2,18,21). The number of allylic oxidation sites excluding steroid dienone is 2. The van der Waals surface area contributed by atoms with Crippen molar-refractivity contribution in [1.82, 2.24) is 4.90 Å². The Morgan fingerprint density at radius 2 is 2.05 bits per heavy atom. The number of carbonyl (C=O) groups excluding carboxylic acids is 2. The summed E-state index contributed by atoms with van der Waals surface area (Å²) in [5, 5.41) is 0.332. The van der Waals surface area contributed by atoms with Crippen LogP contribution in [0.5, 0.6) is 0 Å². The Hall–Kier alpha value is -1.49. The molecule has 1 unspecified atom stereocenters. The number of halogens is 1. The maximum Gasteiger partial charge on any atom is 0.307 e. The van der Waals surface area contributed by atoms with Crippen LogP contribution in [0.4, 0.5) is 0 Å². The van der Waals surface area contributed by atoms with E-state index < -0.39 is 12.1 Å². The molecule has 0 radical (unpaired) electrons. The van der Waals surface area contributed by atoms with Gasteiger partial charge in [0.05, 0.1) is 17.2 Å². The average molecular weight is 329 g/mol. The summed E-state index contributed by atoms with van der Waals surface area (Å²) in [4.78, 5) is 24.8. The van der Waals surface area contributed by atoms with Crippen molar-refractivity contribution in [1.29, 1.82) is 0 Å². The highest BCUT2D eigenvalue weighted by atomic mass is 35.5. The Labute approximate surface area is 137 Å². The fraction of sp³-hybridized carbons (Fsp3) is 0.625. The highest BCUT2D eigenvalue weighted by Crippen LogP contribution is 2.20. The van der Waals surface area contributed by atoms with E-state index in [1.54, 1.807) is 24.1 Å². The first kappa shape index (κ1) is 18.6. The summed E-state index contributed by atoms with van der Waals surface area (Å²) in [6.45, 7) is 4.16. The van der Waals surface area contributed by atoms with Crippen molar-refractivity contribution in [3.63, 3.8) is 0 Å². The third-order valence-electron chi connectivity index (χ3n) is 3.59. The van der Waals surface area contributed by atoms with Gasteiger partial charge in [0.25, 0.3) is 0 Å². The van der Waals surface area contributed by atoms with Gasteiger partial charge in [-0.15, -0.1) is 0 Å². The van der Waals surface area contributed by atoms with Crippen molar-refractivity contribution < 1.29 is 14.3 Å². The van der Waals surface area contributed by atoms with Crippen molar-refractivity contribution in [3.05, 3.63) is 22.9 Å². The van der Waals surface area contributed by atoms with Gasteiger partial charge in [0.15, 0.2) is 6.23 Å². The van der Waals surface area contributed by atoms with Crippen molar-refractivity contribution in [2.24, 2.45) is 5.73 Å². The van der Waals surface area contributed by atoms with Crippen LogP contribution in [-0.2, 0) is 14.3 Å². The lowest BCUT2D eigenvalue weighted by Gasteiger charge is -2.30. The number of carbonyl (C=O) groups is 2. The van der Waals surface area contributed by atoms with Crippen molar-refractivity contribution in [2.45, 2.75) is 58.6 Å². The third-order valence-corrected chi connectivity index (χ3v) is 3.95. The lowest BCUT2D eigenvalue weighted by Crippen LogP contribution is -2.37. The third kappa shape index (κ3) is 6.10. The Morgan fingerprint density at radius 3 is 2.68 bits per heavy atom. The van der Waals surface area contributed by atoms with E-state index in [-0.39, 0.29) is 12.5 Å². The van der Waals surface area contributed by atoms with Gasteiger partial charge in [0, 0.05) is 12.6 Å². The molecule has 2 N–H and O–H groups in total. The van der Waals surface area contributed by atoms with Gasteiger partial charge in [-0.25, -0.2) is 0 Å². The molecule has 1 aliphatic rings. The number of unbranched alkanes of at least 4 members (excludes halogenated alkanes) is 4. The molecule has 5 nitrogen and oxygen atoms in total. The van der Waals surface area contributed by atoms with E-state index in [1.165, 1.54) is 12.8 Å². The van der Waals surface area contributed by atoms with Gasteiger partial charge in [0.1, 0.15) is 0 Å². The Morgan fingerprint density at radius 1 is 1.36 bits per heavy atom. The van der Waals surface area contributed by atoms with E-state index in [0.717, 1.165) is 19.3 Å². The van der Waals surface area contributed by atoms with Crippen molar-refractivity contribution >= 4 is 23.5 Å². The SMILES string of the molecule is CCCCCCCC(=O)OC(C)N1C=CC(Cl)=C(C(N)=O)C1. The Balaban J connectivity index is 2.37. The molecule has 124 valence electrons. The molecule has 0 aromatic heterocycles. The molecule has 6 heteroatoms. The molecule has 0 fully saturated rings. The number of ether oxygens (including phenoxy) is 1. The van der Waals surface area contributed by atoms with Gasteiger partial charge >= 0.3 is 5.97 Å². The number of esters is 1. The predicted octanol–water partition coefficient (Wildman–Crippen LogP) is 3.04. The summed E-state index contributed by atoms with van der Waals surface area (Å²) >= 11 is 5.92. The first-order chi connectivity index (χ1) is 10.5. The van der Waals surface area contributed by atoms with E-state index in [9.17, 15) is 9.59 Å². The molecule has 0 spiro atoms. The van der Waals surface area contributed by atoms with E-state index in [0.29, 0.717) is 17.0 Å². The minimum Gasteiger partial charge on any atom is -0.442 e. The summed E-state index contributed by atoms with van der Waals surface area (Å²) < 4.78 is 5.38. The van der Waals surface area contributed by atoms with Gasteiger partial charge in [0.2, 0.25) is 5.91 Å². The molecular weight excluding hydrogens is 304 g/mol. The van der Waals surface area contributed by atoms with Crippen LogP contribution >= 0.6 is 11.6 Å². The molecule has 1 aliphatic heterocycles. The number of nitrogens with zero attached hydrogens (tertiary/aromatic N) is 1. The van der Waals surface area contributed by atoms with Crippen LogP contribution in [0.15, 0.2) is 22.9 Å². The molecule has 0 saturated carbocycles. The van der Waals surface area contributed by atoms with Gasteiger partial charge in [-0.2, -0.15) is 0 Å². The smallest absolute Gasteiger partial charge is 0.307 e. The Kier molecular flexibility index (Phi) is 8.02. The summed E-state index contributed by atoms with van der Waals surface area (Å²) in [7, 11) is 0. The largest absolute Gasteiger partial charge is 0.442 e. The fourth-order valence-electron chi connectivity index (χ4n) is 2.21. The van der Waals surface area contributed by atoms with Crippen LogP contribution in [0.2, 0.25) is 0 Å². The van der Waals surface area contributed by atoms with Gasteiger partial charge in [-0.1, -0.05) is 44.2 Å². The zero-order chi connectivity index (χ0) is 16.5. The summed E-state index contributed by atoms with van der Waals surface area (Å²) in [5.74, 6) is -0.785. The Bertz CT molecular complexity index is 460. The minimum absolute atomic E-state index is 0.223. The van der Waals surface area contributed by atoms with Gasteiger partial charge in [-0.05, 0) is 19.4 Å². The van der Waals surface area contributed by atoms with Crippen molar-refractivity contribution in [3.8, 4) is 0 Å². The van der Waals surface area contributed by atoms with Crippen LogP contribution in [0.3, 0.4) is 0 Å². The van der Waals surface area contributed by atoms with E-state index in [1.807, 2.05) is 0 Å².